The maximum Gasteiger partial charge on any atom is 0.166 e. The van der Waals surface area contributed by atoms with Crippen molar-refractivity contribution in [2.75, 3.05) is 0 Å². The Kier molecular flexibility index (Phi) is 10.4. The third kappa shape index (κ3) is 7.74. The minimum atomic E-state index is 0.472. The van der Waals surface area contributed by atoms with Crippen molar-refractivity contribution in [2.24, 2.45) is 0 Å². The summed E-state index contributed by atoms with van der Waals surface area (Å²) in [6.45, 7) is 0. The largest absolute Gasteiger partial charge is 0.309 e. The van der Waals surface area contributed by atoms with Crippen LogP contribution in [0.25, 0.3) is 118 Å². The monoisotopic (exact) mass is 883 g/mol. The number of nitriles is 1. The lowest BCUT2D eigenvalue weighted by atomic mass is 9.94. The van der Waals surface area contributed by atoms with Crippen molar-refractivity contribution in [2.45, 2.75) is 0 Å². The second-order valence-corrected chi connectivity index (χ2v) is 16.5. The molecule has 12 rings (SSSR count). The first-order valence-corrected chi connectivity index (χ1v) is 22.5. The molecule has 8 aromatic carbocycles. The molecular weight excluding hydrogens is 847 g/mol. The van der Waals surface area contributed by atoms with Gasteiger partial charge in [0.1, 0.15) is 0 Å². The molecule has 0 aliphatic rings. The summed E-state index contributed by atoms with van der Waals surface area (Å²) < 4.78 is 2.31. The molecular formula is C60H37N9. The first-order chi connectivity index (χ1) is 34.1. The highest BCUT2D eigenvalue weighted by molar-refractivity contribution is 6.10. The number of hydrogen-bond donors (Lipinski definition) is 0. The zero-order valence-corrected chi connectivity index (χ0v) is 36.9. The molecule has 0 unspecified atom stereocenters. The predicted octanol–water partition coefficient (Wildman–Crippen LogP) is 13.8. The smallest absolute Gasteiger partial charge is 0.166 e. The van der Waals surface area contributed by atoms with Crippen molar-refractivity contribution >= 4 is 21.8 Å². The third-order valence-corrected chi connectivity index (χ3v) is 12.3. The third-order valence-electron chi connectivity index (χ3n) is 12.3. The van der Waals surface area contributed by atoms with Crippen LogP contribution in [0.15, 0.2) is 225 Å². The van der Waals surface area contributed by atoms with Gasteiger partial charge in [-0.2, -0.15) is 5.26 Å². The maximum atomic E-state index is 9.47. The molecule has 4 aromatic heterocycles. The highest BCUT2D eigenvalue weighted by Crippen LogP contribution is 2.41. The first kappa shape index (κ1) is 40.7. The van der Waals surface area contributed by atoms with E-state index in [1.165, 1.54) is 0 Å². The van der Waals surface area contributed by atoms with Gasteiger partial charge in [-0.25, -0.2) is 29.9 Å². The van der Waals surface area contributed by atoms with Gasteiger partial charge in [0.25, 0.3) is 0 Å². The van der Waals surface area contributed by atoms with E-state index in [2.05, 4.69) is 71.3 Å². The van der Waals surface area contributed by atoms with E-state index in [1.54, 1.807) is 6.20 Å². The maximum absolute atomic E-state index is 9.47. The van der Waals surface area contributed by atoms with E-state index in [9.17, 15) is 5.26 Å². The normalized spacial score (nSPS) is 11.2. The van der Waals surface area contributed by atoms with Gasteiger partial charge in [-0.05, 0) is 76.9 Å². The highest BCUT2D eigenvalue weighted by atomic mass is 15.0. The predicted molar refractivity (Wildman–Crippen MR) is 274 cm³/mol. The summed E-state index contributed by atoms with van der Waals surface area (Å²) in [6.07, 6.45) is 3.63. The lowest BCUT2D eigenvalue weighted by Crippen LogP contribution is -2.04. The van der Waals surface area contributed by atoms with E-state index in [1.807, 2.05) is 158 Å². The van der Waals surface area contributed by atoms with E-state index in [-0.39, 0.29) is 0 Å². The summed E-state index contributed by atoms with van der Waals surface area (Å²) in [7, 11) is 0. The number of fused-ring (bicyclic) bond motifs is 3. The minimum Gasteiger partial charge on any atom is -0.309 e. The lowest BCUT2D eigenvalue weighted by molar-refractivity contribution is 1.07. The molecule has 0 radical (unpaired) electrons. The number of rotatable bonds is 9. The van der Waals surface area contributed by atoms with Gasteiger partial charge >= 0.3 is 0 Å². The fraction of sp³-hybridized carbons (Fsp3) is 0. The molecule has 69 heavy (non-hydrogen) atoms. The number of pyridine rings is 1. The molecule has 0 saturated heterocycles. The zero-order chi connectivity index (χ0) is 46.1. The minimum absolute atomic E-state index is 0.472. The number of hydrogen-bond acceptors (Lipinski definition) is 8. The van der Waals surface area contributed by atoms with Crippen molar-refractivity contribution in [3.8, 4) is 102 Å². The van der Waals surface area contributed by atoms with Crippen molar-refractivity contribution in [3.63, 3.8) is 0 Å². The Balaban J connectivity index is 1.12. The standard InChI is InChI=1S/C60H37N9/c61-37-39-25-27-40(28-26-39)45-29-32-54-51(35-45)48-23-13-14-24-53(48)69(54)46-30-31-49(59-65-55(41-15-5-1-6-16-41)63-56(66-59)42-17-7-2-8-18-42)50(36-46)47-33-34-62-38-52(47)60-67-57(43-19-9-3-10-20-43)64-58(68-60)44-21-11-4-12-22-44/h1-36,38H. The van der Waals surface area contributed by atoms with Crippen molar-refractivity contribution in [3.05, 3.63) is 230 Å². The molecule has 0 aliphatic carbocycles. The molecule has 9 nitrogen and oxygen atoms in total. The van der Waals surface area contributed by atoms with E-state index < -0.39 is 0 Å². The van der Waals surface area contributed by atoms with Crippen LogP contribution in [-0.2, 0) is 0 Å². The second-order valence-electron chi connectivity index (χ2n) is 16.5. The number of benzene rings is 8. The molecule has 0 amide bonds. The average molecular weight is 884 g/mol. The molecule has 4 heterocycles. The van der Waals surface area contributed by atoms with Crippen LogP contribution in [0, 0.1) is 11.3 Å². The van der Waals surface area contributed by atoms with Crippen molar-refractivity contribution in [1.29, 1.82) is 5.26 Å². The van der Waals surface area contributed by atoms with Crippen molar-refractivity contribution in [1.82, 2.24) is 39.5 Å². The van der Waals surface area contributed by atoms with E-state index in [0.29, 0.717) is 46.1 Å². The molecule has 0 fully saturated rings. The Bertz CT molecular complexity index is 3770. The van der Waals surface area contributed by atoms with Crippen LogP contribution in [0.3, 0.4) is 0 Å². The van der Waals surface area contributed by atoms with Crippen LogP contribution in [0.4, 0.5) is 0 Å². The molecule has 9 heteroatoms. The molecule has 0 aliphatic heterocycles. The first-order valence-electron chi connectivity index (χ1n) is 22.5. The fourth-order valence-corrected chi connectivity index (χ4v) is 8.92. The summed E-state index contributed by atoms with van der Waals surface area (Å²) in [5.74, 6) is 3.19. The quantitative estimate of drug-likeness (QED) is 0.141. The van der Waals surface area contributed by atoms with Crippen LogP contribution in [0.5, 0.6) is 0 Å². The second kappa shape index (κ2) is 17.5. The lowest BCUT2D eigenvalue weighted by Gasteiger charge is -2.17. The Morgan fingerprint density at radius 3 is 1.36 bits per heavy atom. The van der Waals surface area contributed by atoms with Crippen LogP contribution < -0.4 is 0 Å². The van der Waals surface area contributed by atoms with Crippen LogP contribution in [-0.4, -0.2) is 39.5 Å². The van der Waals surface area contributed by atoms with Gasteiger partial charge in [-0.15, -0.1) is 0 Å². The number of aromatic nitrogens is 8. The molecule has 0 spiro atoms. The van der Waals surface area contributed by atoms with E-state index in [4.69, 9.17) is 34.9 Å². The average Bonchev–Trinajstić information content (AvgIpc) is 3.77. The fourth-order valence-electron chi connectivity index (χ4n) is 8.92. The molecule has 0 saturated carbocycles. The molecule has 12 aromatic rings. The number of para-hydroxylation sites is 1. The van der Waals surface area contributed by atoms with Gasteiger partial charge < -0.3 is 4.57 Å². The Morgan fingerprint density at radius 1 is 0.333 bits per heavy atom. The zero-order valence-electron chi connectivity index (χ0n) is 36.9. The Hall–Kier alpha value is -9.78. The van der Waals surface area contributed by atoms with Gasteiger partial charge in [-0.3, -0.25) is 4.98 Å². The van der Waals surface area contributed by atoms with Crippen LogP contribution >= 0.6 is 0 Å². The van der Waals surface area contributed by atoms with Gasteiger partial charge in [0.2, 0.25) is 0 Å². The summed E-state index contributed by atoms with van der Waals surface area (Å²) >= 11 is 0. The Labute approximate surface area is 397 Å². The van der Waals surface area contributed by atoms with Gasteiger partial charge in [0.05, 0.1) is 22.7 Å². The van der Waals surface area contributed by atoms with Crippen LogP contribution in [0.1, 0.15) is 5.56 Å². The van der Waals surface area contributed by atoms with Crippen LogP contribution in [0.2, 0.25) is 0 Å². The summed E-state index contributed by atoms with van der Waals surface area (Å²) in [5, 5.41) is 11.7. The van der Waals surface area contributed by atoms with E-state index in [0.717, 1.165) is 77.6 Å². The van der Waals surface area contributed by atoms with E-state index >= 15 is 0 Å². The summed E-state index contributed by atoms with van der Waals surface area (Å²) in [5.41, 5.74) is 12.4. The molecule has 0 N–H and O–H groups in total. The highest BCUT2D eigenvalue weighted by Gasteiger charge is 2.23. The van der Waals surface area contributed by atoms with Gasteiger partial charge in [-0.1, -0.05) is 158 Å². The SMILES string of the molecule is N#Cc1ccc(-c2ccc3c(c2)c2ccccc2n3-c2ccc(-c3nc(-c4ccccc4)nc(-c4ccccc4)n3)c(-c3ccncc3-c3nc(-c4ccccc4)nc(-c4ccccc4)n3)c2)cc1. The molecule has 0 atom stereocenters. The Morgan fingerprint density at radius 2 is 0.812 bits per heavy atom. The molecule has 0 bridgehead atoms. The summed E-state index contributed by atoms with van der Waals surface area (Å²) in [6, 6.07) is 73.4. The van der Waals surface area contributed by atoms with Gasteiger partial charge in [0.15, 0.2) is 34.9 Å². The molecule has 322 valence electrons. The summed E-state index contributed by atoms with van der Waals surface area (Å²) in [4.78, 5) is 35.5. The van der Waals surface area contributed by atoms with Crippen molar-refractivity contribution < 1.29 is 0 Å². The number of nitrogens with zero attached hydrogens (tertiary/aromatic N) is 9. The topological polar surface area (TPSA) is 119 Å². The van der Waals surface area contributed by atoms with Gasteiger partial charge in [0, 0.05) is 62.2 Å².